The number of aliphatic imine (C=N–C) groups is 1. The van der Waals surface area contributed by atoms with Crippen molar-refractivity contribution >= 4 is 12.1 Å². The molecule has 0 aliphatic carbocycles. The number of rotatable bonds is 10. The number of nitrogens with zero attached hydrogens (tertiary/aromatic N) is 2. The SMILES string of the molecule is C=CC=NC1=C(C=C)CCN(CCCCCCCC)C1=O. The first-order valence-corrected chi connectivity index (χ1v) is 8.04. The molecule has 0 saturated carbocycles. The molecule has 0 spiro atoms. The van der Waals surface area contributed by atoms with Gasteiger partial charge in [0.1, 0.15) is 5.70 Å². The van der Waals surface area contributed by atoms with Gasteiger partial charge in [-0.1, -0.05) is 64.3 Å². The second-order valence-electron chi connectivity index (χ2n) is 5.40. The summed E-state index contributed by atoms with van der Waals surface area (Å²) in [6, 6.07) is 0. The van der Waals surface area contributed by atoms with E-state index in [0.717, 1.165) is 31.5 Å². The van der Waals surface area contributed by atoms with E-state index in [1.807, 2.05) is 4.90 Å². The zero-order valence-electron chi connectivity index (χ0n) is 13.3. The molecule has 1 aliphatic rings. The van der Waals surface area contributed by atoms with E-state index in [1.165, 1.54) is 32.1 Å². The van der Waals surface area contributed by atoms with Crippen LogP contribution >= 0.6 is 0 Å². The van der Waals surface area contributed by atoms with Gasteiger partial charge in [0.25, 0.3) is 5.91 Å². The van der Waals surface area contributed by atoms with Gasteiger partial charge in [-0.3, -0.25) is 9.79 Å². The van der Waals surface area contributed by atoms with Crippen LogP contribution in [-0.4, -0.2) is 30.1 Å². The smallest absolute Gasteiger partial charge is 0.272 e. The Bertz CT molecular complexity index is 421. The highest BCUT2D eigenvalue weighted by Crippen LogP contribution is 2.21. The molecule has 116 valence electrons. The van der Waals surface area contributed by atoms with Crippen molar-refractivity contribution in [2.24, 2.45) is 4.99 Å². The minimum atomic E-state index is 0.0304. The molecule has 3 heteroatoms. The van der Waals surface area contributed by atoms with E-state index in [1.54, 1.807) is 18.4 Å². The lowest BCUT2D eigenvalue weighted by molar-refractivity contribution is -0.127. The van der Waals surface area contributed by atoms with E-state index in [0.29, 0.717) is 5.70 Å². The summed E-state index contributed by atoms with van der Waals surface area (Å²) in [5, 5.41) is 0. The number of hydrogen-bond donors (Lipinski definition) is 0. The number of hydrogen-bond acceptors (Lipinski definition) is 2. The molecule has 0 aromatic heterocycles. The van der Waals surface area contributed by atoms with Crippen LogP contribution in [0.1, 0.15) is 51.9 Å². The molecular weight excluding hydrogens is 260 g/mol. The molecule has 0 saturated heterocycles. The van der Waals surface area contributed by atoms with Crippen molar-refractivity contribution in [3.8, 4) is 0 Å². The highest BCUT2D eigenvalue weighted by atomic mass is 16.2. The molecule has 0 fully saturated rings. The Labute approximate surface area is 129 Å². The van der Waals surface area contributed by atoms with Crippen LogP contribution in [0, 0.1) is 0 Å². The monoisotopic (exact) mass is 288 g/mol. The number of carbonyl (C=O) groups is 1. The maximum atomic E-state index is 12.4. The van der Waals surface area contributed by atoms with E-state index >= 15 is 0 Å². The van der Waals surface area contributed by atoms with Crippen LogP contribution in [0.25, 0.3) is 0 Å². The molecule has 1 rings (SSSR count). The average molecular weight is 288 g/mol. The van der Waals surface area contributed by atoms with Crippen molar-refractivity contribution in [2.45, 2.75) is 51.9 Å². The topological polar surface area (TPSA) is 32.7 Å². The minimum absolute atomic E-state index is 0.0304. The van der Waals surface area contributed by atoms with Gasteiger partial charge in [0.2, 0.25) is 0 Å². The Morgan fingerprint density at radius 3 is 2.57 bits per heavy atom. The molecule has 1 aliphatic heterocycles. The van der Waals surface area contributed by atoms with Crippen LogP contribution in [0.3, 0.4) is 0 Å². The van der Waals surface area contributed by atoms with Gasteiger partial charge in [0.05, 0.1) is 0 Å². The highest BCUT2D eigenvalue weighted by Gasteiger charge is 2.24. The van der Waals surface area contributed by atoms with Gasteiger partial charge < -0.3 is 4.90 Å². The van der Waals surface area contributed by atoms with Crippen LogP contribution < -0.4 is 0 Å². The van der Waals surface area contributed by atoms with Crippen molar-refractivity contribution in [1.82, 2.24) is 4.90 Å². The summed E-state index contributed by atoms with van der Waals surface area (Å²) in [6.45, 7) is 11.2. The molecule has 0 aromatic carbocycles. The molecule has 1 heterocycles. The summed E-state index contributed by atoms with van der Waals surface area (Å²) < 4.78 is 0. The third-order valence-electron chi connectivity index (χ3n) is 3.78. The molecule has 3 nitrogen and oxygen atoms in total. The van der Waals surface area contributed by atoms with Crippen LogP contribution in [0.2, 0.25) is 0 Å². The fraction of sp³-hybridized carbons (Fsp3) is 0.556. The fourth-order valence-corrected chi connectivity index (χ4v) is 2.52. The third kappa shape index (κ3) is 5.70. The Morgan fingerprint density at radius 1 is 1.19 bits per heavy atom. The molecular formula is C18H28N2O. The molecule has 0 aromatic rings. The van der Waals surface area contributed by atoms with E-state index in [2.05, 4.69) is 25.1 Å². The zero-order valence-corrected chi connectivity index (χ0v) is 13.3. The van der Waals surface area contributed by atoms with Gasteiger partial charge in [-0.25, -0.2) is 0 Å². The van der Waals surface area contributed by atoms with E-state index in [-0.39, 0.29) is 5.91 Å². The standard InChI is InChI=1S/C18H28N2O/c1-4-7-8-9-10-11-14-20-15-12-16(6-3)17(18(20)21)19-13-5-2/h5-6,13H,2-4,7-12,14-15H2,1H3. The maximum absolute atomic E-state index is 12.4. The van der Waals surface area contributed by atoms with Crippen molar-refractivity contribution in [3.05, 3.63) is 36.6 Å². The van der Waals surface area contributed by atoms with Crippen LogP contribution in [0.5, 0.6) is 0 Å². The Balaban J connectivity index is 2.50. The lowest BCUT2D eigenvalue weighted by Crippen LogP contribution is -2.37. The lowest BCUT2D eigenvalue weighted by atomic mass is 10.0. The van der Waals surface area contributed by atoms with Crippen molar-refractivity contribution < 1.29 is 4.79 Å². The summed E-state index contributed by atoms with van der Waals surface area (Å²) in [7, 11) is 0. The van der Waals surface area contributed by atoms with Crippen LogP contribution in [-0.2, 0) is 4.79 Å². The second-order valence-corrected chi connectivity index (χ2v) is 5.40. The van der Waals surface area contributed by atoms with Crippen LogP contribution in [0.4, 0.5) is 0 Å². The molecule has 1 amide bonds. The molecule has 0 atom stereocenters. The second kappa shape index (κ2) is 10.1. The number of carbonyl (C=O) groups excluding carboxylic acids is 1. The predicted octanol–water partition coefficient (Wildman–Crippen LogP) is 4.28. The first-order chi connectivity index (χ1) is 10.2. The summed E-state index contributed by atoms with van der Waals surface area (Å²) in [5.41, 5.74) is 1.47. The zero-order chi connectivity index (χ0) is 15.5. The first-order valence-electron chi connectivity index (χ1n) is 8.04. The molecule has 0 bridgehead atoms. The minimum Gasteiger partial charge on any atom is -0.337 e. The molecule has 0 radical (unpaired) electrons. The van der Waals surface area contributed by atoms with Crippen molar-refractivity contribution in [3.63, 3.8) is 0 Å². The number of allylic oxidation sites excluding steroid dienone is 2. The van der Waals surface area contributed by atoms with Gasteiger partial charge in [-0.15, -0.1) is 0 Å². The third-order valence-corrected chi connectivity index (χ3v) is 3.78. The van der Waals surface area contributed by atoms with E-state index in [9.17, 15) is 4.79 Å². The van der Waals surface area contributed by atoms with E-state index < -0.39 is 0 Å². The van der Waals surface area contributed by atoms with Gasteiger partial charge in [0, 0.05) is 19.3 Å². The maximum Gasteiger partial charge on any atom is 0.272 e. The van der Waals surface area contributed by atoms with E-state index in [4.69, 9.17) is 0 Å². The normalized spacial score (nSPS) is 15.9. The van der Waals surface area contributed by atoms with Crippen molar-refractivity contribution in [2.75, 3.05) is 13.1 Å². The van der Waals surface area contributed by atoms with Gasteiger partial charge in [0.15, 0.2) is 0 Å². The Hall–Kier alpha value is -1.64. The van der Waals surface area contributed by atoms with Gasteiger partial charge in [-0.2, -0.15) is 0 Å². The fourth-order valence-electron chi connectivity index (χ4n) is 2.52. The Morgan fingerprint density at radius 2 is 1.90 bits per heavy atom. The quantitative estimate of drug-likeness (QED) is 0.436. The van der Waals surface area contributed by atoms with Crippen molar-refractivity contribution in [1.29, 1.82) is 0 Å². The molecule has 21 heavy (non-hydrogen) atoms. The van der Waals surface area contributed by atoms with Gasteiger partial charge >= 0.3 is 0 Å². The number of unbranched alkanes of at least 4 members (excludes halogenated alkanes) is 5. The summed E-state index contributed by atoms with van der Waals surface area (Å²) in [5.74, 6) is 0.0304. The Kier molecular flexibility index (Phi) is 8.41. The first kappa shape index (κ1) is 17.4. The average Bonchev–Trinajstić information content (AvgIpc) is 2.50. The summed E-state index contributed by atoms with van der Waals surface area (Å²) in [4.78, 5) is 18.6. The number of amides is 1. The largest absolute Gasteiger partial charge is 0.337 e. The summed E-state index contributed by atoms with van der Waals surface area (Å²) >= 11 is 0. The molecule has 0 N–H and O–H groups in total. The lowest BCUT2D eigenvalue weighted by Gasteiger charge is -2.28. The molecule has 0 unspecified atom stereocenters. The van der Waals surface area contributed by atoms with Crippen LogP contribution in [0.15, 0.2) is 41.6 Å². The summed E-state index contributed by atoms with van der Waals surface area (Å²) in [6.07, 6.45) is 13.2. The predicted molar refractivity (Wildman–Crippen MR) is 90.5 cm³/mol. The van der Waals surface area contributed by atoms with Gasteiger partial charge in [-0.05, 0) is 18.4 Å². The highest BCUT2D eigenvalue weighted by molar-refractivity contribution is 5.97.